The zero-order valence-electron chi connectivity index (χ0n) is 19.1. The molecule has 4 heteroatoms. The first kappa shape index (κ1) is 23.6. The second kappa shape index (κ2) is 11.0. The summed E-state index contributed by atoms with van der Waals surface area (Å²) in [6.45, 7) is 9.25. The SMILES string of the molecule is CC(C)c1nc(C(C)C)c(COCc2ccccc2)c(-c2ccc(F)cc2)c1/C=C/C=O. The number of nitrogens with zero attached hydrogens (tertiary/aromatic N) is 1. The van der Waals surface area contributed by atoms with E-state index in [4.69, 9.17) is 9.72 Å². The van der Waals surface area contributed by atoms with Crippen LogP contribution in [0.5, 0.6) is 0 Å². The van der Waals surface area contributed by atoms with Crippen LogP contribution in [-0.2, 0) is 22.7 Å². The first-order chi connectivity index (χ1) is 15.4. The number of rotatable bonds is 9. The minimum absolute atomic E-state index is 0.150. The molecule has 2 aromatic carbocycles. The van der Waals surface area contributed by atoms with Crippen LogP contribution < -0.4 is 0 Å². The van der Waals surface area contributed by atoms with Gasteiger partial charge >= 0.3 is 0 Å². The summed E-state index contributed by atoms with van der Waals surface area (Å²) in [5, 5.41) is 0. The standard InChI is InChI=1S/C28H30FNO2/c1-19(2)27-24(11-8-16-31)26(22-12-14-23(29)15-13-22)25(28(30-27)20(3)4)18-32-17-21-9-6-5-7-10-21/h5-16,19-20H,17-18H2,1-4H3/b11-8+. The van der Waals surface area contributed by atoms with Crippen LogP contribution in [0.3, 0.4) is 0 Å². The highest BCUT2D eigenvalue weighted by molar-refractivity contribution is 5.84. The number of ether oxygens (including phenoxy) is 1. The monoisotopic (exact) mass is 431 g/mol. The lowest BCUT2D eigenvalue weighted by atomic mass is 9.87. The minimum Gasteiger partial charge on any atom is -0.372 e. The molecule has 0 aliphatic carbocycles. The maximum atomic E-state index is 13.7. The highest BCUT2D eigenvalue weighted by atomic mass is 19.1. The molecule has 3 rings (SSSR count). The third kappa shape index (κ3) is 5.57. The van der Waals surface area contributed by atoms with E-state index in [0.29, 0.717) is 13.2 Å². The Labute approximate surface area is 190 Å². The van der Waals surface area contributed by atoms with Crippen LogP contribution in [0.1, 0.15) is 67.6 Å². The van der Waals surface area contributed by atoms with Crippen LogP contribution in [0.2, 0.25) is 0 Å². The van der Waals surface area contributed by atoms with E-state index >= 15 is 0 Å². The Morgan fingerprint density at radius 1 is 0.906 bits per heavy atom. The summed E-state index contributed by atoms with van der Waals surface area (Å²) in [7, 11) is 0. The van der Waals surface area contributed by atoms with Crippen LogP contribution in [0.15, 0.2) is 60.7 Å². The molecule has 0 bridgehead atoms. The van der Waals surface area contributed by atoms with Gasteiger partial charge in [-0.15, -0.1) is 0 Å². The summed E-state index contributed by atoms with van der Waals surface area (Å²) in [5.74, 6) is 0.0336. The fourth-order valence-electron chi connectivity index (χ4n) is 3.84. The average molecular weight is 432 g/mol. The topological polar surface area (TPSA) is 39.2 Å². The lowest BCUT2D eigenvalue weighted by molar-refractivity contribution is -0.104. The Kier molecular flexibility index (Phi) is 8.07. The van der Waals surface area contributed by atoms with E-state index in [1.807, 2.05) is 30.3 Å². The molecule has 0 saturated heterocycles. The number of halogens is 1. The highest BCUT2D eigenvalue weighted by Gasteiger charge is 2.23. The fraction of sp³-hybridized carbons (Fsp3) is 0.286. The Morgan fingerprint density at radius 2 is 1.56 bits per heavy atom. The normalized spacial score (nSPS) is 11.6. The lowest BCUT2D eigenvalue weighted by Crippen LogP contribution is -2.11. The molecular weight excluding hydrogens is 401 g/mol. The molecule has 1 heterocycles. The summed E-state index contributed by atoms with van der Waals surface area (Å²) in [6.07, 6.45) is 4.05. The molecule has 0 aliphatic heterocycles. The Morgan fingerprint density at radius 3 is 2.16 bits per heavy atom. The van der Waals surface area contributed by atoms with Crippen molar-refractivity contribution in [1.82, 2.24) is 4.98 Å². The van der Waals surface area contributed by atoms with Crippen LogP contribution in [0.25, 0.3) is 17.2 Å². The predicted octanol–water partition coefficient (Wildman–Crippen LogP) is 7.06. The molecule has 0 amide bonds. The second-order valence-corrected chi connectivity index (χ2v) is 8.44. The number of aldehydes is 1. The highest BCUT2D eigenvalue weighted by Crippen LogP contribution is 2.37. The predicted molar refractivity (Wildman–Crippen MR) is 128 cm³/mol. The summed E-state index contributed by atoms with van der Waals surface area (Å²) < 4.78 is 19.8. The van der Waals surface area contributed by atoms with E-state index in [9.17, 15) is 9.18 Å². The van der Waals surface area contributed by atoms with Crippen molar-refractivity contribution in [2.45, 2.75) is 52.7 Å². The van der Waals surface area contributed by atoms with Crippen LogP contribution in [0, 0.1) is 5.82 Å². The van der Waals surface area contributed by atoms with Crippen LogP contribution in [0.4, 0.5) is 4.39 Å². The number of pyridine rings is 1. The van der Waals surface area contributed by atoms with Crippen molar-refractivity contribution < 1.29 is 13.9 Å². The molecule has 3 aromatic rings. The summed E-state index contributed by atoms with van der Waals surface area (Å²) >= 11 is 0. The van der Waals surface area contributed by atoms with Crippen molar-refractivity contribution in [1.29, 1.82) is 0 Å². The van der Waals surface area contributed by atoms with Gasteiger partial charge in [-0.3, -0.25) is 9.78 Å². The largest absolute Gasteiger partial charge is 0.372 e. The van der Waals surface area contributed by atoms with Gasteiger partial charge in [0.15, 0.2) is 0 Å². The summed E-state index contributed by atoms with van der Waals surface area (Å²) in [6, 6.07) is 16.5. The van der Waals surface area contributed by atoms with E-state index in [1.54, 1.807) is 18.2 Å². The molecule has 0 fully saturated rings. The molecule has 0 spiro atoms. The molecular formula is C28H30FNO2. The maximum absolute atomic E-state index is 13.7. The van der Waals surface area contributed by atoms with Gasteiger partial charge in [0.05, 0.1) is 18.9 Å². The van der Waals surface area contributed by atoms with Gasteiger partial charge in [0.25, 0.3) is 0 Å². The van der Waals surface area contributed by atoms with Gasteiger partial charge in [-0.05, 0) is 52.8 Å². The van der Waals surface area contributed by atoms with Gasteiger partial charge < -0.3 is 4.74 Å². The first-order valence-corrected chi connectivity index (χ1v) is 11.0. The van der Waals surface area contributed by atoms with E-state index in [0.717, 1.165) is 45.5 Å². The molecule has 0 saturated carbocycles. The van der Waals surface area contributed by atoms with E-state index in [1.165, 1.54) is 18.2 Å². The number of allylic oxidation sites excluding steroid dienone is 1. The average Bonchev–Trinajstić information content (AvgIpc) is 2.78. The van der Waals surface area contributed by atoms with Crippen molar-refractivity contribution in [3.63, 3.8) is 0 Å². The number of carbonyl (C=O) groups excluding carboxylic acids is 1. The smallest absolute Gasteiger partial charge is 0.142 e. The molecule has 0 atom stereocenters. The van der Waals surface area contributed by atoms with E-state index in [-0.39, 0.29) is 17.7 Å². The Balaban J connectivity index is 2.19. The molecule has 0 aliphatic rings. The number of benzene rings is 2. The number of aromatic nitrogens is 1. The van der Waals surface area contributed by atoms with Gasteiger partial charge in [-0.1, -0.05) is 70.2 Å². The molecule has 0 N–H and O–H groups in total. The molecule has 166 valence electrons. The fourth-order valence-corrected chi connectivity index (χ4v) is 3.84. The molecule has 0 unspecified atom stereocenters. The van der Waals surface area contributed by atoms with Crippen molar-refractivity contribution >= 4 is 12.4 Å². The molecule has 32 heavy (non-hydrogen) atoms. The molecule has 1 aromatic heterocycles. The molecule has 0 radical (unpaired) electrons. The van der Waals surface area contributed by atoms with Crippen LogP contribution >= 0.6 is 0 Å². The van der Waals surface area contributed by atoms with Crippen molar-refractivity contribution in [3.8, 4) is 11.1 Å². The number of hydrogen-bond donors (Lipinski definition) is 0. The zero-order valence-corrected chi connectivity index (χ0v) is 19.1. The lowest BCUT2D eigenvalue weighted by Gasteiger charge is -2.23. The van der Waals surface area contributed by atoms with Gasteiger partial charge in [0, 0.05) is 16.8 Å². The van der Waals surface area contributed by atoms with Gasteiger partial charge in [-0.25, -0.2) is 4.39 Å². The van der Waals surface area contributed by atoms with Crippen molar-refractivity contribution in [2.24, 2.45) is 0 Å². The van der Waals surface area contributed by atoms with Crippen molar-refractivity contribution in [2.75, 3.05) is 0 Å². The van der Waals surface area contributed by atoms with Crippen LogP contribution in [-0.4, -0.2) is 11.3 Å². The van der Waals surface area contributed by atoms with Crippen molar-refractivity contribution in [3.05, 3.63) is 94.6 Å². The second-order valence-electron chi connectivity index (χ2n) is 8.44. The summed E-state index contributed by atoms with van der Waals surface area (Å²) in [4.78, 5) is 16.2. The van der Waals surface area contributed by atoms with E-state index < -0.39 is 0 Å². The quantitative estimate of drug-likeness (QED) is 0.269. The van der Waals surface area contributed by atoms with Gasteiger partial charge in [-0.2, -0.15) is 0 Å². The minimum atomic E-state index is -0.289. The molecule has 3 nitrogen and oxygen atoms in total. The van der Waals surface area contributed by atoms with Gasteiger partial charge in [0.1, 0.15) is 12.1 Å². The number of hydrogen-bond acceptors (Lipinski definition) is 3. The maximum Gasteiger partial charge on any atom is 0.142 e. The third-order valence-electron chi connectivity index (χ3n) is 5.32. The zero-order chi connectivity index (χ0) is 23.1. The Hall–Kier alpha value is -3.11. The van der Waals surface area contributed by atoms with E-state index in [2.05, 4.69) is 27.7 Å². The number of carbonyl (C=O) groups is 1. The third-order valence-corrected chi connectivity index (χ3v) is 5.32. The summed E-state index contributed by atoms with van der Waals surface area (Å²) in [5.41, 5.74) is 6.64. The Bertz CT molecular complexity index is 1070. The van der Waals surface area contributed by atoms with Gasteiger partial charge in [0.2, 0.25) is 0 Å². The first-order valence-electron chi connectivity index (χ1n) is 11.0.